The minimum atomic E-state index is -1.67. The first kappa shape index (κ1) is 17.0. The molecule has 2 N–H and O–H groups in total. The number of carbonyl (C=O) groups is 1. The van der Waals surface area contributed by atoms with Crippen LogP contribution in [0.25, 0.3) is 0 Å². The highest BCUT2D eigenvalue weighted by atomic mass is 19.2. The number of carbonyl (C=O) groups excluding carboxylic acids is 1. The van der Waals surface area contributed by atoms with Crippen LogP contribution in [-0.2, 0) is 5.60 Å². The van der Waals surface area contributed by atoms with Crippen LogP contribution >= 0.6 is 0 Å². The molecule has 2 rings (SSSR count). The average molecular weight is 327 g/mol. The summed E-state index contributed by atoms with van der Waals surface area (Å²) in [5.74, 6) is -6.00. The number of hydrogen-bond acceptors (Lipinski definition) is 2. The van der Waals surface area contributed by atoms with E-state index in [1.165, 1.54) is 19.1 Å². The van der Waals surface area contributed by atoms with Gasteiger partial charge < -0.3 is 10.4 Å². The molecule has 0 fully saturated rings. The van der Waals surface area contributed by atoms with Crippen molar-refractivity contribution in [2.45, 2.75) is 12.5 Å². The van der Waals surface area contributed by atoms with Gasteiger partial charge in [0.1, 0.15) is 11.4 Å². The van der Waals surface area contributed by atoms with Crippen molar-refractivity contribution < 1.29 is 27.5 Å². The second kappa shape index (κ2) is 6.37. The molecule has 0 radical (unpaired) electrons. The maximum atomic E-state index is 13.1. The van der Waals surface area contributed by atoms with E-state index in [1.54, 1.807) is 0 Å². The van der Waals surface area contributed by atoms with Crippen molar-refractivity contribution in [3.8, 4) is 0 Å². The van der Waals surface area contributed by atoms with Gasteiger partial charge in [-0.3, -0.25) is 4.79 Å². The Hall–Kier alpha value is -2.41. The monoisotopic (exact) mass is 327 g/mol. The zero-order chi connectivity index (χ0) is 17.2. The quantitative estimate of drug-likeness (QED) is 0.670. The Morgan fingerprint density at radius 1 is 1.09 bits per heavy atom. The Kier molecular flexibility index (Phi) is 4.70. The second-order valence-electron chi connectivity index (χ2n) is 5.22. The summed E-state index contributed by atoms with van der Waals surface area (Å²) in [7, 11) is 0. The van der Waals surface area contributed by atoms with Crippen LogP contribution in [-0.4, -0.2) is 17.6 Å². The van der Waals surface area contributed by atoms with Crippen molar-refractivity contribution >= 4 is 5.91 Å². The van der Waals surface area contributed by atoms with Crippen molar-refractivity contribution in [3.63, 3.8) is 0 Å². The number of aliphatic hydroxyl groups is 1. The highest BCUT2D eigenvalue weighted by molar-refractivity contribution is 5.94. The molecule has 0 bridgehead atoms. The standard InChI is InChI=1S/C16H13F4NO2/c1-16(23,10-2-4-11(17)5-3-10)8-21-15(22)9-6-12(18)14(20)13(19)7-9/h2-7,23H,8H2,1H3,(H,21,22). The maximum absolute atomic E-state index is 13.1. The summed E-state index contributed by atoms with van der Waals surface area (Å²) in [6, 6.07) is 6.10. The molecule has 0 aliphatic rings. The summed E-state index contributed by atoms with van der Waals surface area (Å²) in [5.41, 5.74) is -1.60. The van der Waals surface area contributed by atoms with Gasteiger partial charge in [-0.15, -0.1) is 0 Å². The van der Waals surface area contributed by atoms with Gasteiger partial charge in [0.15, 0.2) is 17.5 Å². The molecule has 23 heavy (non-hydrogen) atoms. The second-order valence-corrected chi connectivity index (χ2v) is 5.22. The lowest BCUT2D eigenvalue weighted by atomic mass is 9.96. The van der Waals surface area contributed by atoms with Crippen LogP contribution in [0.2, 0.25) is 0 Å². The largest absolute Gasteiger partial charge is 0.384 e. The third-order valence-corrected chi connectivity index (χ3v) is 3.31. The predicted molar refractivity (Wildman–Crippen MR) is 74.6 cm³/mol. The summed E-state index contributed by atoms with van der Waals surface area (Å²) in [6.07, 6.45) is 0. The van der Waals surface area contributed by atoms with E-state index in [-0.39, 0.29) is 6.54 Å². The van der Waals surface area contributed by atoms with Gasteiger partial charge >= 0.3 is 0 Å². The topological polar surface area (TPSA) is 49.3 Å². The van der Waals surface area contributed by atoms with Crippen LogP contribution in [0.1, 0.15) is 22.8 Å². The fourth-order valence-corrected chi connectivity index (χ4v) is 1.95. The maximum Gasteiger partial charge on any atom is 0.251 e. The van der Waals surface area contributed by atoms with Gasteiger partial charge in [-0.2, -0.15) is 0 Å². The van der Waals surface area contributed by atoms with Gasteiger partial charge in [0.25, 0.3) is 5.91 Å². The molecule has 0 saturated carbocycles. The third kappa shape index (κ3) is 3.87. The number of nitrogens with one attached hydrogen (secondary N) is 1. The van der Waals surface area contributed by atoms with Crippen molar-refractivity contribution in [2.24, 2.45) is 0 Å². The summed E-state index contributed by atoms with van der Waals surface area (Å²) in [6.45, 7) is 1.09. The van der Waals surface area contributed by atoms with Crippen LogP contribution in [0.5, 0.6) is 0 Å². The molecule has 7 heteroatoms. The first-order valence-corrected chi connectivity index (χ1v) is 6.62. The van der Waals surface area contributed by atoms with Crippen molar-refractivity contribution in [2.75, 3.05) is 6.54 Å². The summed E-state index contributed by atoms with van der Waals surface area (Å²) in [4.78, 5) is 11.9. The number of benzene rings is 2. The molecular weight excluding hydrogens is 314 g/mol. The average Bonchev–Trinajstić information content (AvgIpc) is 2.50. The molecule has 0 saturated heterocycles. The fourth-order valence-electron chi connectivity index (χ4n) is 1.95. The Morgan fingerprint density at radius 3 is 2.13 bits per heavy atom. The molecule has 0 aliphatic heterocycles. The van der Waals surface area contributed by atoms with Crippen LogP contribution in [0, 0.1) is 23.3 Å². The Balaban J connectivity index is 2.10. The Bertz CT molecular complexity index is 706. The Labute approximate surface area is 129 Å². The fraction of sp³-hybridized carbons (Fsp3) is 0.188. The summed E-state index contributed by atoms with van der Waals surface area (Å²) in [5, 5.41) is 12.6. The third-order valence-electron chi connectivity index (χ3n) is 3.31. The summed E-state index contributed by atoms with van der Waals surface area (Å²) >= 11 is 0. The lowest BCUT2D eigenvalue weighted by Gasteiger charge is -2.24. The van der Waals surface area contributed by atoms with E-state index in [0.29, 0.717) is 17.7 Å². The van der Waals surface area contributed by atoms with Crippen LogP contribution in [0.15, 0.2) is 36.4 Å². The molecule has 2 aromatic carbocycles. The van der Waals surface area contributed by atoms with Gasteiger partial charge in [-0.25, -0.2) is 17.6 Å². The highest BCUT2D eigenvalue weighted by Gasteiger charge is 2.24. The molecule has 3 nitrogen and oxygen atoms in total. The molecule has 1 amide bonds. The predicted octanol–water partition coefficient (Wildman–Crippen LogP) is 2.88. The zero-order valence-electron chi connectivity index (χ0n) is 12.0. The smallest absolute Gasteiger partial charge is 0.251 e. The molecular formula is C16H13F4NO2. The molecule has 0 aliphatic carbocycles. The van der Waals surface area contributed by atoms with E-state index in [2.05, 4.69) is 5.32 Å². The van der Waals surface area contributed by atoms with E-state index in [0.717, 1.165) is 12.1 Å². The van der Waals surface area contributed by atoms with Gasteiger partial charge in [0.05, 0.1) is 6.54 Å². The van der Waals surface area contributed by atoms with Crippen LogP contribution in [0.4, 0.5) is 17.6 Å². The van der Waals surface area contributed by atoms with E-state index in [4.69, 9.17) is 0 Å². The zero-order valence-corrected chi connectivity index (χ0v) is 12.0. The van der Waals surface area contributed by atoms with Crippen LogP contribution in [0.3, 0.4) is 0 Å². The lowest BCUT2D eigenvalue weighted by molar-refractivity contribution is 0.0525. The molecule has 0 spiro atoms. The molecule has 1 unspecified atom stereocenters. The first-order valence-electron chi connectivity index (χ1n) is 6.62. The van der Waals surface area contributed by atoms with E-state index < -0.39 is 40.3 Å². The normalized spacial score (nSPS) is 13.5. The van der Waals surface area contributed by atoms with E-state index in [1.807, 2.05) is 0 Å². The minimum absolute atomic E-state index is 0.294. The molecule has 0 heterocycles. The highest BCUT2D eigenvalue weighted by Crippen LogP contribution is 2.20. The number of amides is 1. The molecule has 0 aromatic heterocycles. The van der Waals surface area contributed by atoms with Gasteiger partial charge in [0, 0.05) is 5.56 Å². The Morgan fingerprint density at radius 2 is 1.61 bits per heavy atom. The van der Waals surface area contributed by atoms with Gasteiger partial charge in [-0.05, 0) is 36.8 Å². The molecule has 2 aromatic rings. The van der Waals surface area contributed by atoms with Crippen molar-refractivity contribution in [3.05, 3.63) is 70.8 Å². The van der Waals surface area contributed by atoms with Gasteiger partial charge in [0.2, 0.25) is 0 Å². The number of halogens is 4. The van der Waals surface area contributed by atoms with Crippen molar-refractivity contribution in [1.82, 2.24) is 5.32 Å². The number of rotatable bonds is 4. The van der Waals surface area contributed by atoms with Crippen molar-refractivity contribution in [1.29, 1.82) is 0 Å². The minimum Gasteiger partial charge on any atom is -0.384 e. The van der Waals surface area contributed by atoms with Crippen LogP contribution < -0.4 is 5.32 Å². The number of hydrogen-bond donors (Lipinski definition) is 2. The first-order chi connectivity index (χ1) is 10.7. The summed E-state index contributed by atoms with van der Waals surface area (Å²) < 4.78 is 51.9. The lowest BCUT2D eigenvalue weighted by Crippen LogP contribution is -2.38. The van der Waals surface area contributed by atoms with Gasteiger partial charge in [-0.1, -0.05) is 12.1 Å². The van der Waals surface area contributed by atoms with E-state index >= 15 is 0 Å². The van der Waals surface area contributed by atoms with E-state index in [9.17, 15) is 27.5 Å². The SMILES string of the molecule is CC(O)(CNC(=O)c1cc(F)c(F)c(F)c1)c1ccc(F)cc1. The molecule has 122 valence electrons. The molecule has 1 atom stereocenters.